The van der Waals surface area contributed by atoms with Gasteiger partial charge in [0, 0.05) is 12.0 Å². The Morgan fingerprint density at radius 3 is 2.65 bits per heavy atom. The van der Waals surface area contributed by atoms with Crippen LogP contribution in [0.4, 0.5) is 4.39 Å². The van der Waals surface area contributed by atoms with Crippen LogP contribution in [0.3, 0.4) is 0 Å². The first-order valence-corrected chi connectivity index (χ1v) is 6.80. The summed E-state index contributed by atoms with van der Waals surface area (Å²) in [5, 5.41) is 5.12. The summed E-state index contributed by atoms with van der Waals surface area (Å²) < 4.78 is 12.7. The molecule has 0 aliphatic carbocycles. The first-order valence-electron chi connectivity index (χ1n) is 5.86. The third-order valence-corrected chi connectivity index (χ3v) is 2.92. The molecule has 1 aromatic rings. The van der Waals surface area contributed by atoms with Crippen molar-refractivity contribution in [1.82, 2.24) is 0 Å². The van der Waals surface area contributed by atoms with Crippen molar-refractivity contribution in [2.45, 2.75) is 37.6 Å². The van der Waals surface area contributed by atoms with E-state index < -0.39 is 5.50 Å². The minimum Gasteiger partial charge on any atom is -0.275 e. The van der Waals surface area contributed by atoms with Gasteiger partial charge in [0.1, 0.15) is 0 Å². The summed E-state index contributed by atoms with van der Waals surface area (Å²) in [7, 11) is 0. The lowest BCUT2D eigenvalue weighted by Crippen LogP contribution is -1.97. The summed E-state index contributed by atoms with van der Waals surface area (Å²) in [5.41, 5.74) is 0.140. The summed E-state index contributed by atoms with van der Waals surface area (Å²) in [5.74, 6) is 6.24. The normalized spacial score (nSPS) is 11.6. The van der Waals surface area contributed by atoms with E-state index in [9.17, 15) is 4.39 Å². The monoisotopic (exact) mass is 251 g/mol. The third-order valence-electron chi connectivity index (χ3n) is 2.39. The van der Waals surface area contributed by atoms with Crippen molar-refractivity contribution >= 4 is 11.9 Å². The topological polar surface area (TPSA) is 26.0 Å². The fourth-order valence-electron chi connectivity index (χ4n) is 1.45. The SMILES string of the molecule is NSC(F)CCCCCC#Cc1ccccc1. The molecule has 1 atom stereocenters. The fourth-order valence-corrected chi connectivity index (χ4v) is 1.75. The first-order chi connectivity index (χ1) is 8.33. The van der Waals surface area contributed by atoms with Gasteiger partial charge in [-0.2, -0.15) is 0 Å². The molecule has 0 fully saturated rings. The smallest absolute Gasteiger partial charge is 0.159 e. The van der Waals surface area contributed by atoms with Crippen LogP contribution in [0, 0.1) is 11.8 Å². The van der Waals surface area contributed by atoms with E-state index >= 15 is 0 Å². The summed E-state index contributed by atoms with van der Waals surface area (Å²) in [4.78, 5) is 0. The predicted molar refractivity (Wildman–Crippen MR) is 73.1 cm³/mol. The van der Waals surface area contributed by atoms with E-state index in [1.165, 1.54) is 0 Å². The van der Waals surface area contributed by atoms with Gasteiger partial charge in [-0.25, -0.2) is 4.39 Å². The molecule has 0 aromatic heterocycles. The van der Waals surface area contributed by atoms with Crippen LogP contribution in [0.15, 0.2) is 30.3 Å². The average molecular weight is 251 g/mol. The highest BCUT2D eigenvalue weighted by atomic mass is 32.2. The Balaban J connectivity index is 2.07. The van der Waals surface area contributed by atoms with Crippen LogP contribution in [-0.4, -0.2) is 5.50 Å². The largest absolute Gasteiger partial charge is 0.275 e. The molecule has 0 aliphatic heterocycles. The second-order valence-electron chi connectivity index (χ2n) is 3.81. The van der Waals surface area contributed by atoms with Gasteiger partial charge in [-0.05, 0) is 43.3 Å². The molecule has 0 saturated heterocycles. The highest BCUT2D eigenvalue weighted by Crippen LogP contribution is 2.14. The van der Waals surface area contributed by atoms with Crippen molar-refractivity contribution in [3.63, 3.8) is 0 Å². The van der Waals surface area contributed by atoms with Crippen LogP contribution >= 0.6 is 11.9 Å². The van der Waals surface area contributed by atoms with Crippen molar-refractivity contribution in [2.24, 2.45) is 5.14 Å². The molecule has 3 heteroatoms. The highest BCUT2D eigenvalue weighted by Gasteiger charge is 2.02. The average Bonchev–Trinajstić information content (AvgIpc) is 2.38. The predicted octanol–water partition coefficient (Wildman–Crippen LogP) is 3.89. The standard InChI is InChI=1S/C14H18FNS/c15-14(17-16)12-8-3-1-2-5-9-13-10-6-4-7-11-13/h4,6-7,10-11,14H,1-3,8,12,16H2. The van der Waals surface area contributed by atoms with Gasteiger partial charge in [0.15, 0.2) is 5.50 Å². The maximum atomic E-state index is 12.7. The lowest BCUT2D eigenvalue weighted by Gasteiger charge is -2.02. The molecule has 1 rings (SSSR count). The second kappa shape index (κ2) is 9.09. The maximum absolute atomic E-state index is 12.7. The molecule has 0 saturated carbocycles. The van der Waals surface area contributed by atoms with Crippen molar-refractivity contribution in [2.75, 3.05) is 0 Å². The maximum Gasteiger partial charge on any atom is 0.159 e. The molecule has 2 N–H and O–H groups in total. The van der Waals surface area contributed by atoms with Gasteiger partial charge in [0.2, 0.25) is 0 Å². The van der Waals surface area contributed by atoms with Gasteiger partial charge in [-0.15, -0.1) is 0 Å². The quantitative estimate of drug-likeness (QED) is 0.471. The molecular weight excluding hydrogens is 233 g/mol. The Morgan fingerprint density at radius 2 is 1.94 bits per heavy atom. The fraction of sp³-hybridized carbons (Fsp3) is 0.429. The van der Waals surface area contributed by atoms with Crippen LogP contribution in [0.25, 0.3) is 0 Å². The summed E-state index contributed by atoms with van der Waals surface area (Å²) >= 11 is 0.796. The highest BCUT2D eigenvalue weighted by molar-refractivity contribution is 7.97. The molecule has 1 aromatic carbocycles. The van der Waals surface area contributed by atoms with Gasteiger partial charge in [0.05, 0.1) is 0 Å². The molecule has 1 unspecified atom stereocenters. The lowest BCUT2D eigenvalue weighted by atomic mass is 10.1. The van der Waals surface area contributed by atoms with Gasteiger partial charge in [0.25, 0.3) is 0 Å². The number of halogens is 1. The first kappa shape index (κ1) is 14.1. The van der Waals surface area contributed by atoms with E-state index in [-0.39, 0.29) is 0 Å². The molecule has 0 aliphatic rings. The van der Waals surface area contributed by atoms with Crippen LogP contribution in [0.5, 0.6) is 0 Å². The molecule has 0 heterocycles. The zero-order valence-corrected chi connectivity index (χ0v) is 10.7. The Kier molecular flexibility index (Phi) is 7.53. The van der Waals surface area contributed by atoms with Crippen molar-refractivity contribution < 1.29 is 4.39 Å². The molecule has 0 bridgehead atoms. The Hall–Kier alpha value is -0.980. The Morgan fingerprint density at radius 1 is 1.18 bits per heavy atom. The summed E-state index contributed by atoms with van der Waals surface area (Å²) in [6.07, 6.45) is 4.36. The number of alkyl halides is 1. The third kappa shape index (κ3) is 7.04. The van der Waals surface area contributed by atoms with Crippen LogP contribution in [0.1, 0.15) is 37.7 Å². The van der Waals surface area contributed by atoms with Crippen LogP contribution < -0.4 is 5.14 Å². The molecule has 1 nitrogen and oxygen atoms in total. The minimum atomic E-state index is -0.912. The van der Waals surface area contributed by atoms with E-state index in [1.807, 2.05) is 30.3 Å². The molecule has 92 valence electrons. The Labute approximate surface area is 107 Å². The van der Waals surface area contributed by atoms with E-state index in [1.54, 1.807) is 0 Å². The lowest BCUT2D eigenvalue weighted by molar-refractivity contribution is 0.414. The van der Waals surface area contributed by atoms with Gasteiger partial charge >= 0.3 is 0 Å². The number of unbranched alkanes of at least 4 members (excludes halogenated alkanes) is 3. The zero-order chi connectivity index (χ0) is 12.3. The summed E-state index contributed by atoms with van der Waals surface area (Å²) in [6, 6.07) is 9.94. The van der Waals surface area contributed by atoms with Crippen LogP contribution in [0.2, 0.25) is 0 Å². The second-order valence-corrected chi connectivity index (χ2v) is 4.60. The molecule has 0 amide bonds. The molecule has 0 spiro atoms. The number of hydrogen-bond donors (Lipinski definition) is 1. The number of hydrogen-bond acceptors (Lipinski definition) is 2. The van der Waals surface area contributed by atoms with E-state index in [4.69, 9.17) is 5.14 Å². The summed E-state index contributed by atoms with van der Waals surface area (Å²) in [6.45, 7) is 0. The van der Waals surface area contributed by atoms with Crippen molar-refractivity contribution in [1.29, 1.82) is 0 Å². The van der Waals surface area contributed by atoms with E-state index in [0.717, 1.165) is 43.2 Å². The number of benzene rings is 1. The minimum absolute atomic E-state index is 0.549. The van der Waals surface area contributed by atoms with Crippen molar-refractivity contribution in [3.05, 3.63) is 35.9 Å². The number of nitrogens with two attached hydrogens (primary N) is 1. The van der Waals surface area contributed by atoms with Gasteiger partial charge in [-0.1, -0.05) is 36.5 Å². The molecular formula is C14H18FNS. The van der Waals surface area contributed by atoms with E-state index in [2.05, 4.69) is 11.8 Å². The van der Waals surface area contributed by atoms with Gasteiger partial charge in [-0.3, -0.25) is 5.14 Å². The van der Waals surface area contributed by atoms with Gasteiger partial charge < -0.3 is 0 Å². The molecule has 0 radical (unpaired) electrons. The van der Waals surface area contributed by atoms with Crippen LogP contribution in [-0.2, 0) is 0 Å². The zero-order valence-electron chi connectivity index (χ0n) is 9.86. The Bertz CT molecular complexity index is 355. The number of rotatable bonds is 6. The van der Waals surface area contributed by atoms with E-state index in [0.29, 0.717) is 6.42 Å². The van der Waals surface area contributed by atoms with Crippen molar-refractivity contribution in [3.8, 4) is 11.8 Å². The molecule has 17 heavy (non-hydrogen) atoms.